The van der Waals surface area contributed by atoms with Crippen molar-refractivity contribution in [2.45, 2.75) is 18.4 Å². The first-order valence-corrected chi connectivity index (χ1v) is 9.78. The lowest BCUT2D eigenvalue weighted by Crippen LogP contribution is -2.23. The van der Waals surface area contributed by atoms with Crippen LogP contribution >= 0.6 is 0 Å². The molecule has 1 heterocycles. The zero-order valence-electron chi connectivity index (χ0n) is 15.0. The number of nitrogens with one attached hydrogen (secondary N) is 1. The first-order chi connectivity index (χ1) is 13.0. The van der Waals surface area contributed by atoms with Crippen LogP contribution in [0.3, 0.4) is 0 Å². The highest BCUT2D eigenvalue weighted by Gasteiger charge is 2.15. The van der Waals surface area contributed by atoms with E-state index in [0.29, 0.717) is 17.4 Å². The predicted molar refractivity (Wildman–Crippen MR) is 103 cm³/mol. The van der Waals surface area contributed by atoms with E-state index in [2.05, 4.69) is 9.71 Å². The largest absolute Gasteiger partial charge is 0.496 e. The Balaban J connectivity index is 1.70. The molecule has 7 heteroatoms. The van der Waals surface area contributed by atoms with Gasteiger partial charge in [-0.25, -0.2) is 18.1 Å². The van der Waals surface area contributed by atoms with Gasteiger partial charge in [0.15, 0.2) is 0 Å². The zero-order chi connectivity index (χ0) is 19.3. The third-order valence-corrected chi connectivity index (χ3v) is 5.30. The Hall–Kier alpha value is -2.90. The molecule has 140 valence electrons. The number of aromatic nitrogens is 1. The lowest BCUT2D eigenvalue weighted by molar-refractivity contribution is 0.411. The molecule has 3 rings (SSSR count). The average molecular weight is 384 g/mol. The van der Waals surface area contributed by atoms with Gasteiger partial charge in [-0.3, -0.25) is 0 Å². The van der Waals surface area contributed by atoms with Gasteiger partial charge in [-0.05, 0) is 54.4 Å². The first kappa shape index (κ1) is 18.9. The van der Waals surface area contributed by atoms with E-state index in [9.17, 15) is 8.42 Å². The summed E-state index contributed by atoms with van der Waals surface area (Å²) in [6.07, 6.45) is 1.64. The molecule has 0 unspecified atom stereocenters. The molecule has 0 amide bonds. The molecule has 0 bridgehead atoms. The molecule has 1 N–H and O–H groups in total. The van der Waals surface area contributed by atoms with Crippen LogP contribution in [0.1, 0.15) is 11.1 Å². The van der Waals surface area contributed by atoms with Crippen LogP contribution in [-0.2, 0) is 16.6 Å². The van der Waals surface area contributed by atoms with Crippen LogP contribution in [0.5, 0.6) is 17.4 Å². The van der Waals surface area contributed by atoms with E-state index in [1.54, 1.807) is 62.7 Å². The minimum absolute atomic E-state index is 0.146. The number of benzene rings is 2. The minimum Gasteiger partial charge on any atom is -0.496 e. The number of rotatable bonds is 7. The van der Waals surface area contributed by atoms with Crippen molar-refractivity contribution in [1.29, 1.82) is 0 Å². The number of ether oxygens (including phenoxy) is 2. The third kappa shape index (κ3) is 4.84. The maximum Gasteiger partial charge on any atom is 0.240 e. The van der Waals surface area contributed by atoms with Gasteiger partial charge in [0.05, 0.1) is 12.0 Å². The van der Waals surface area contributed by atoms with Crippen molar-refractivity contribution in [3.8, 4) is 17.4 Å². The Bertz CT molecular complexity index is 1020. The van der Waals surface area contributed by atoms with Gasteiger partial charge in [0.25, 0.3) is 0 Å². The fraction of sp³-hybridized carbons (Fsp3) is 0.150. The van der Waals surface area contributed by atoms with Gasteiger partial charge in [-0.1, -0.05) is 18.2 Å². The van der Waals surface area contributed by atoms with Crippen molar-refractivity contribution in [2.24, 2.45) is 0 Å². The van der Waals surface area contributed by atoms with Gasteiger partial charge < -0.3 is 9.47 Å². The number of pyridine rings is 1. The van der Waals surface area contributed by atoms with Crippen molar-refractivity contribution in [2.75, 3.05) is 7.11 Å². The van der Waals surface area contributed by atoms with E-state index in [0.717, 1.165) is 11.1 Å². The van der Waals surface area contributed by atoms with Gasteiger partial charge in [-0.2, -0.15) is 0 Å². The van der Waals surface area contributed by atoms with E-state index >= 15 is 0 Å². The van der Waals surface area contributed by atoms with Crippen LogP contribution < -0.4 is 14.2 Å². The summed E-state index contributed by atoms with van der Waals surface area (Å²) in [5.41, 5.74) is 1.53. The second-order valence-corrected chi connectivity index (χ2v) is 7.64. The van der Waals surface area contributed by atoms with Crippen LogP contribution in [0.25, 0.3) is 0 Å². The molecule has 6 nitrogen and oxygen atoms in total. The molecule has 0 aliphatic rings. The average Bonchev–Trinajstić information content (AvgIpc) is 2.67. The number of hydrogen-bond acceptors (Lipinski definition) is 5. The fourth-order valence-corrected chi connectivity index (χ4v) is 3.63. The minimum atomic E-state index is -3.64. The summed E-state index contributed by atoms with van der Waals surface area (Å²) in [4.78, 5) is 4.30. The molecule has 1 aromatic heterocycles. The molecule has 0 fully saturated rings. The van der Waals surface area contributed by atoms with Crippen LogP contribution in [0, 0.1) is 6.92 Å². The summed E-state index contributed by atoms with van der Waals surface area (Å²) in [6.45, 7) is 1.95. The highest BCUT2D eigenvalue weighted by molar-refractivity contribution is 7.89. The maximum atomic E-state index is 12.5. The summed E-state index contributed by atoms with van der Waals surface area (Å²) >= 11 is 0. The van der Waals surface area contributed by atoms with Crippen molar-refractivity contribution < 1.29 is 17.9 Å². The van der Waals surface area contributed by atoms with E-state index < -0.39 is 10.0 Å². The Morgan fingerprint density at radius 2 is 1.89 bits per heavy atom. The summed E-state index contributed by atoms with van der Waals surface area (Å²) < 4.78 is 38.5. The Kier molecular flexibility index (Phi) is 5.73. The lowest BCUT2D eigenvalue weighted by atomic mass is 10.2. The molecular formula is C20H20N2O4S. The normalized spacial score (nSPS) is 11.2. The van der Waals surface area contributed by atoms with Crippen molar-refractivity contribution in [3.63, 3.8) is 0 Å². The summed E-state index contributed by atoms with van der Waals surface area (Å²) in [5.74, 6) is 1.71. The van der Waals surface area contributed by atoms with Crippen molar-refractivity contribution >= 4 is 10.0 Å². The molecule has 0 spiro atoms. The number of aryl methyl sites for hydroxylation is 1. The van der Waals surface area contributed by atoms with Gasteiger partial charge in [0.1, 0.15) is 11.5 Å². The van der Waals surface area contributed by atoms with Crippen LogP contribution in [0.15, 0.2) is 71.8 Å². The van der Waals surface area contributed by atoms with E-state index in [4.69, 9.17) is 9.47 Å². The van der Waals surface area contributed by atoms with Gasteiger partial charge >= 0.3 is 0 Å². The Labute approximate surface area is 158 Å². The van der Waals surface area contributed by atoms with Crippen LogP contribution in [-0.4, -0.2) is 20.5 Å². The monoisotopic (exact) mass is 384 g/mol. The molecule has 0 atom stereocenters. The molecule has 2 aromatic carbocycles. The molecule has 0 aliphatic carbocycles. The molecule has 27 heavy (non-hydrogen) atoms. The molecule has 3 aromatic rings. The molecule has 0 aliphatic heterocycles. The van der Waals surface area contributed by atoms with Gasteiger partial charge in [0.2, 0.25) is 15.9 Å². The lowest BCUT2D eigenvalue weighted by Gasteiger charge is -2.11. The quantitative estimate of drug-likeness (QED) is 0.672. The SMILES string of the molecule is COc1ccc(S(=O)(=O)NCc2cccc(Oc3ccccn3)c2)cc1C. The maximum absolute atomic E-state index is 12.5. The molecular weight excluding hydrogens is 364 g/mol. The van der Waals surface area contributed by atoms with Crippen molar-refractivity contribution in [1.82, 2.24) is 9.71 Å². The second kappa shape index (κ2) is 8.20. The smallest absolute Gasteiger partial charge is 0.240 e. The summed E-state index contributed by atoms with van der Waals surface area (Å²) in [6, 6.07) is 17.3. The highest BCUT2D eigenvalue weighted by atomic mass is 32.2. The number of methoxy groups -OCH3 is 1. The predicted octanol–water partition coefficient (Wildman–Crippen LogP) is 3.67. The Morgan fingerprint density at radius 3 is 2.59 bits per heavy atom. The molecule has 0 saturated heterocycles. The zero-order valence-corrected chi connectivity index (χ0v) is 15.9. The fourth-order valence-electron chi connectivity index (χ4n) is 2.53. The summed E-state index contributed by atoms with van der Waals surface area (Å²) in [7, 11) is -2.09. The standard InChI is InChI=1S/C20H20N2O4S/c1-15-12-18(9-10-19(15)25-2)27(23,24)22-14-16-6-5-7-17(13-16)26-20-8-3-4-11-21-20/h3-13,22H,14H2,1-2H3. The molecule has 0 saturated carbocycles. The van der Waals surface area contributed by atoms with Gasteiger partial charge in [-0.15, -0.1) is 0 Å². The highest BCUT2D eigenvalue weighted by Crippen LogP contribution is 2.22. The van der Waals surface area contributed by atoms with Crippen LogP contribution in [0.4, 0.5) is 0 Å². The number of nitrogens with zero attached hydrogens (tertiary/aromatic N) is 1. The van der Waals surface area contributed by atoms with E-state index in [1.807, 2.05) is 12.1 Å². The topological polar surface area (TPSA) is 77.5 Å². The van der Waals surface area contributed by atoms with E-state index in [1.165, 1.54) is 6.07 Å². The number of hydrogen-bond donors (Lipinski definition) is 1. The molecule has 0 radical (unpaired) electrons. The Morgan fingerprint density at radius 1 is 1.04 bits per heavy atom. The second-order valence-electron chi connectivity index (χ2n) is 5.87. The number of sulfonamides is 1. The van der Waals surface area contributed by atoms with Crippen LogP contribution in [0.2, 0.25) is 0 Å². The summed E-state index contributed by atoms with van der Waals surface area (Å²) in [5, 5.41) is 0. The van der Waals surface area contributed by atoms with Gasteiger partial charge in [0, 0.05) is 18.8 Å². The van der Waals surface area contributed by atoms with Crippen molar-refractivity contribution in [3.05, 3.63) is 78.0 Å². The third-order valence-electron chi connectivity index (χ3n) is 3.90. The van der Waals surface area contributed by atoms with E-state index in [-0.39, 0.29) is 11.4 Å². The first-order valence-electron chi connectivity index (χ1n) is 8.30.